The SMILES string of the molecule is Cl.Cn1ccc2c(Nc3ccc(F)c(Cl)c3)ncc(C(=O)N3CCCC3)c21. The predicted molar refractivity (Wildman–Crippen MR) is 108 cm³/mol. The maximum atomic E-state index is 13.4. The van der Waals surface area contributed by atoms with E-state index < -0.39 is 5.82 Å². The number of halogens is 3. The van der Waals surface area contributed by atoms with Crippen LogP contribution in [0.1, 0.15) is 23.2 Å². The zero-order valence-electron chi connectivity index (χ0n) is 14.7. The highest BCUT2D eigenvalue weighted by molar-refractivity contribution is 6.31. The van der Waals surface area contributed by atoms with Gasteiger partial charge in [0.05, 0.1) is 16.1 Å². The quantitative estimate of drug-likeness (QED) is 0.678. The van der Waals surface area contributed by atoms with Crippen molar-refractivity contribution in [3.63, 3.8) is 0 Å². The first-order valence-electron chi connectivity index (χ1n) is 8.50. The molecular weight excluding hydrogens is 390 g/mol. The molecule has 8 heteroatoms. The Morgan fingerprint density at radius 3 is 2.70 bits per heavy atom. The summed E-state index contributed by atoms with van der Waals surface area (Å²) in [4.78, 5) is 19.2. The lowest BCUT2D eigenvalue weighted by molar-refractivity contribution is 0.0794. The fourth-order valence-corrected chi connectivity index (χ4v) is 3.55. The first kappa shape index (κ1) is 19.5. The highest BCUT2D eigenvalue weighted by Crippen LogP contribution is 2.30. The molecule has 1 aliphatic heterocycles. The molecule has 1 saturated heterocycles. The molecule has 0 unspecified atom stereocenters. The van der Waals surface area contributed by atoms with Gasteiger partial charge in [0.25, 0.3) is 5.91 Å². The Labute approximate surface area is 167 Å². The molecule has 1 amide bonds. The van der Waals surface area contributed by atoms with Crippen LogP contribution in [0, 0.1) is 5.82 Å². The van der Waals surface area contributed by atoms with Gasteiger partial charge in [0, 0.05) is 43.6 Å². The van der Waals surface area contributed by atoms with Crippen molar-refractivity contribution in [2.75, 3.05) is 18.4 Å². The summed E-state index contributed by atoms with van der Waals surface area (Å²) in [5, 5.41) is 4.04. The van der Waals surface area contributed by atoms with Gasteiger partial charge in [0.2, 0.25) is 0 Å². The first-order chi connectivity index (χ1) is 12.5. The summed E-state index contributed by atoms with van der Waals surface area (Å²) in [6.45, 7) is 1.58. The molecule has 0 spiro atoms. The second-order valence-electron chi connectivity index (χ2n) is 6.46. The van der Waals surface area contributed by atoms with Crippen LogP contribution in [0.5, 0.6) is 0 Å². The minimum atomic E-state index is -0.471. The number of nitrogens with zero attached hydrogens (tertiary/aromatic N) is 3. The van der Waals surface area contributed by atoms with Crippen LogP contribution in [-0.4, -0.2) is 33.4 Å². The Balaban J connectivity index is 0.00000210. The van der Waals surface area contributed by atoms with Gasteiger partial charge in [-0.05, 0) is 37.1 Å². The zero-order valence-corrected chi connectivity index (χ0v) is 16.3. The van der Waals surface area contributed by atoms with Gasteiger partial charge >= 0.3 is 0 Å². The van der Waals surface area contributed by atoms with Crippen molar-refractivity contribution >= 4 is 52.3 Å². The van der Waals surface area contributed by atoms with Crippen LogP contribution in [0.2, 0.25) is 5.02 Å². The van der Waals surface area contributed by atoms with Crippen molar-refractivity contribution in [1.82, 2.24) is 14.5 Å². The Morgan fingerprint density at radius 1 is 1.26 bits per heavy atom. The summed E-state index contributed by atoms with van der Waals surface area (Å²) in [7, 11) is 1.90. The number of aryl methyl sites for hydroxylation is 1. The minimum Gasteiger partial charge on any atom is -0.350 e. The number of benzene rings is 1. The molecule has 3 aromatic rings. The number of likely N-dealkylation sites (tertiary alicyclic amines) is 1. The summed E-state index contributed by atoms with van der Waals surface area (Å²) in [5.74, 6) is 0.140. The van der Waals surface area contributed by atoms with E-state index in [0.29, 0.717) is 17.1 Å². The maximum Gasteiger partial charge on any atom is 0.257 e. The first-order valence-corrected chi connectivity index (χ1v) is 8.88. The van der Waals surface area contributed by atoms with Crippen molar-refractivity contribution in [3.8, 4) is 0 Å². The third-order valence-corrected chi connectivity index (χ3v) is 5.00. The largest absolute Gasteiger partial charge is 0.350 e. The van der Waals surface area contributed by atoms with Crippen molar-refractivity contribution in [2.24, 2.45) is 7.05 Å². The summed E-state index contributed by atoms with van der Waals surface area (Å²) in [5.41, 5.74) is 2.05. The number of aromatic nitrogens is 2. The molecule has 1 N–H and O–H groups in total. The minimum absolute atomic E-state index is 0. The molecule has 2 aromatic heterocycles. The predicted octanol–water partition coefficient (Wildman–Crippen LogP) is 4.77. The van der Waals surface area contributed by atoms with Crippen molar-refractivity contribution < 1.29 is 9.18 Å². The van der Waals surface area contributed by atoms with E-state index in [4.69, 9.17) is 11.6 Å². The summed E-state index contributed by atoms with van der Waals surface area (Å²) in [6, 6.07) is 6.33. The molecule has 142 valence electrons. The number of nitrogens with one attached hydrogen (secondary N) is 1. The van der Waals surface area contributed by atoms with Gasteiger partial charge in [-0.15, -0.1) is 12.4 Å². The normalized spacial score (nSPS) is 13.7. The molecule has 5 nitrogen and oxygen atoms in total. The van der Waals surface area contributed by atoms with Crippen molar-refractivity contribution in [1.29, 1.82) is 0 Å². The van der Waals surface area contributed by atoms with Gasteiger partial charge in [0.15, 0.2) is 0 Å². The van der Waals surface area contributed by atoms with Gasteiger partial charge in [0.1, 0.15) is 11.6 Å². The number of fused-ring (bicyclic) bond motifs is 1. The number of anilines is 2. The molecule has 0 bridgehead atoms. The fourth-order valence-electron chi connectivity index (χ4n) is 3.37. The smallest absolute Gasteiger partial charge is 0.257 e. The Hall–Kier alpha value is -2.31. The van der Waals surface area contributed by atoms with E-state index in [1.807, 2.05) is 28.8 Å². The van der Waals surface area contributed by atoms with E-state index in [9.17, 15) is 9.18 Å². The fraction of sp³-hybridized carbons (Fsp3) is 0.263. The zero-order chi connectivity index (χ0) is 18.3. The van der Waals surface area contributed by atoms with Gasteiger partial charge in [-0.2, -0.15) is 0 Å². The van der Waals surface area contributed by atoms with Crippen LogP contribution in [0.3, 0.4) is 0 Å². The summed E-state index contributed by atoms with van der Waals surface area (Å²) >= 11 is 5.85. The lowest BCUT2D eigenvalue weighted by atomic mass is 10.1. The number of pyridine rings is 1. The number of hydrogen-bond donors (Lipinski definition) is 1. The Morgan fingerprint density at radius 2 is 2.00 bits per heavy atom. The van der Waals surface area contributed by atoms with E-state index in [-0.39, 0.29) is 23.3 Å². The average molecular weight is 409 g/mol. The lowest BCUT2D eigenvalue weighted by Gasteiger charge is -2.17. The molecule has 3 heterocycles. The van der Waals surface area contributed by atoms with E-state index in [0.717, 1.165) is 36.8 Å². The standard InChI is InChI=1S/C19H18ClFN4O.ClH/c1-24-9-6-13-17(24)14(19(26)25-7-2-3-8-25)11-22-18(13)23-12-4-5-16(21)15(20)10-12;/h4-6,9-11H,2-3,7-8H2,1H3,(H,22,23);1H. The topological polar surface area (TPSA) is 50.2 Å². The summed E-state index contributed by atoms with van der Waals surface area (Å²) in [6.07, 6.45) is 5.59. The lowest BCUT2D eigenvalue weighted by Crippen LogP contribution is -2.28. The molecule has 1 aromatic carbocycles. The van der Waals surface area contributed by atoms with Gasteiger partial charge < -0.3 is 14.8 Å². The number of amides is 1. The summed E-state index contributed by atoms with van der Waals surface area (Å²) < 4.78 is 15.3. The van der Waals surface area contributed by atoms with Crippen molar-refractivity contribution in [3.05, 3.63) is 53.1 Å². The molecule has 1 aliphatic rings. The van der Waals surface area contributed by atoms with Gasteiger partial charge in [-0.3, -0.25) is 4.79 Å². The van der Waals surface area contributed by atoms with E-state index >= 15 is 0 Å². The van der Waals surface area contributed by atoms with Gasteiger partial charge in [-0.25, -0.2) is 9.37 Å². The van der Waals surface area contributed by atoms with Crippen LogP contribution in [0.25, 0.3) is 10.9 Å². The van der Waals surface area contributed by atoms with E-state index in [1.165, 1.54) is 12.1 Å². The van der Waals surface area contributed by atoms with Crippen LogP contribution in [0.15, 0.2) is 36.7 Å². The molecule has 0 aliphatic carbocycles. The van der Waals surface area contributed by atoms with Crippen LogP contribution >= 0.6 is 24.0 Å². The third kappa shape index (κ3) is 3.59. The Kier molecular flexibility index (Phi) is 5.58. The van der Waals surface area contributed by atoms with E-state index in [1.54, 1.807) is 12.3 Å². The van der Waals surface area contributed by atoms with E-state index in [2.05, 4.69) is 10.3 Å². The number of carbonyl (C=O) groups excluding carboxylic acids is 1. The maximum absolute atomic E-state index is 13.4. The third-order valence-electron chi connectivity index (χ3n) is 4.71. The van der Waals surface area contributed by atoms with Crippen LogP contribution in [0.4, 0.5) is 15.9 Å². The monoisotopic (exact) mass is 408 g/mol. The average Bonchev–Trinajstić information content (AvgIpc) is 3.29. The van der Waals surface area contributed by atoms with Crippen molar-refractivity contribution in [2.45, 2.75) is 12.8 Å². The molecule has 4 rings (SSSR count). The second kappa shape index (κ2) is 7.74. The van der Waals surface area contributed by atoms with Gasteiger partial charge in [-0.1, -0.05) is 11.6 Å². The highest BCUT2D eigenvalue weighted by atomic mass is 35.5. The molecule has 27 heavy (non-hydrogen) atoms. The molecule has 0 radical (unpaired) electrons. The van der Waals surface area contributed by atoms with Crippen LogP contribution < -0.4 is 5.32 Å². The molecule has 1 fully saturated rings. The molecule has 0 atom stereocenters. The molecular formula is C19H19Cl2FN4O. The number of hydrogen-bond acceptors (Lipinski definition) is 3. The van der Waals surface area contributed by atoms with Crippen LogP contribution in [-0.2, 0) is 7.05 Å². The second-order valence-corrected chi connectivity index (χ2v) is 6.87. The Bertz CT molecular complexity index is 999. The molecule has 0 saturated carbocycles. The highest BCUT2D eigenvalue weighted by Gasteiger charge is 2.23. The number of carbonyl (C=O) groups is 1. The number of rotatable bonds is 3.